The smallest absolute Gasteiger partial charge is 0.322 e. The zero-order chi connectivity index (χ0) is 23.7. The Morgan fingerprint density at radius 1 is 1.12 bits per heavy atom. The first-order valence-electron chi connectivity index (χ1n) is 9.23. The van der Waals surface area contributed by atoms with E-state index in [-0.39, 0.29) is 33.9 Å². The van der Waals surface area contributed by atoms with Crippen molar-refractivity contribution in [3.05, 3.63) is 58.1 Å². The molecule has 13 heteroatoms. The van der Waals surface area contributed by atoms with Crippen LogP contribution in [0.4, 0.5) is 0 Å². The number of carboxylic acids is 1. The van der Waals surface area contributed by atoms with Crippen LogP contribution in [0.5, 0.6) is 5.75 Å². The molecule has 2 aromatic carbocycles. The van der Waals surface area contributed by atoms with Crippen LogP contribution >= 0.6 is 23.2 Å². The van der Waals surface area contributed by atoms with Crippen molar-refractivity contribution in [1.29, 1.82) is 5.41 Å². The van der Waals surface area contributed by atoms with Gasteiger partial charge in [-0.25, -0.2) is 13.9 Å². The number of guanidine groups is 1. The van der Waals surface area contributed by atoms with Crippen molar-refractivity contribution in [2.75, 3.05) is 13.2 Å². The molecule has 2 rings (SSSR count). The molecule has 32 heavy (non-hydrogen) atoms. The van der Waals surface area contributed by atoms with Gasteiger partial charge in [-0.3, -0.25) is 15.0 Å². The average Bonchev–Trinajstić information content (AvgIpc) is 2.70. The number of carbonyl (C=O) groups is 1. The second-order valence-corrected chi connectivity index (χ2v) is 8.94. The minimum absolute atomic E-state index is 0.110. The highest BCUT2D eigenvalue weighted by Crippen LogP contribution is 2.29. The Labute approximate surface area is 195 Å². The monoisotopic (exact) mass is 504 g/mol. The molecule has 0 aliphatic carbocycles. The molecule has 0 radical (unpaired) electrons. The quantitative estimate of drug-likeness (QED) is 0.127. The van der Waals surface area contributed by atoms with Crippen LogP contribution in [-0.2, 0) is 26.1 Å². The fraction of sp³-hybridized carbons (Fsp3) is 0.263. The number of halogens is 2. The highest BCUT2D eigenvalue weighted by molar-refractivity contribution is 7.89. The Bertz CT molecular complexity index is 1030. The largest absolute Gasteiger partial charge is 0.494 e. The topological polar surface area (TPSA) is 164 Å². The molecule has 0 saturated heterocycles. The molecule has 6 N–H and O–H groups in total. The lowest BCUT2D eigenvalue weighted by Gasteiger charge is -2.16. The van der Waals surface area contributed by atoms with Crippen LogP contribution < -0.4 is 20.7 Å². The highest BCUT2D eigenvalue weighted by Gasteiger charge is 2.29. The van der Waals surface area contributed by atoms with Gasteiger partial charge in [0.2, 0.25) is 16.0 Å². The molecular formula is C19H22Cl2N4O6S. The number of nitrogens with one attached hydrogen (secondary N) is 3. The van der Waals surface area contributed by atoms with E-state index in [4.69, 9.17) is 43.9 Å². The summed E-state index contributed by atoms with van der Waals surface area (Å²) in [6.07, 6.45) is 0.428. The van der Waals surface area contributed by atoms with Crippen molar-refractivity contribution in [2.45, 2.75) is 23.8 Å². The number of hydroxylamine groups is 1. The Kier molecular flexibility index (Phi) is 9.54. The maximum Gasteiger partial charge on any atom is 0.322 e. The number of carboxylic acid groups (broad SMARTS) is 1. The van der Waals surface area contributed by atoms with Gasteiger partial charge in [0.15, 0.2) is 0 Å². The van der Waals surface area contributed by atoms with E-state index in [9.17, 15) is 18.3 Å². The summed E-state index contributed by atoms with van der Waals surface area (Å²) in [6, 6.07) is 9.30. The third-order valence-electron chi connectivity index (χ3n) is 3.99. The van der Waals surface area contributed by atoms with Crippen LogP contribution in [0.15, 0.2) is 47.4 Å². The van der Waals surface area contributed by atoms with Crippen LogP contribution in [0.1, 0.15) is 12.0 Å². The fourth-order valence-electron chi connectivity index (χ4n) is 2.57. The maximum absolute atomic E-state index is 12.7. The van der Waals surface area contributed by atoms with Crippen molar-refractivity contribution in [3.63, 3.8) is 0 Å². The van der Waals surface area contributed by atoms with Gasteiger partial charge in [0.1, 0.15) is 16.7 Å². The van der Waals surface area contributed by atoms with E-state index in [1.165, 1.54) is 18.2 Å². The Morgan fingerprint density at radius 3 is 2.31 bits per heavy atom. The lowest BCUT2D eigenvalue weighted by atomic mass is 10.1. The van der Waals surface area contributed by atoms with Gasteiger partial charge in [0.05, 0.1) is 23.3 Å². The summed E-state index contributed by atoms with van der Waals surface area (Å²) in [5, 5.41) is 16.2. The van der Waals surface area contributed by atoms with Gasteiger partial charge in [-0.1, -0.05) is 41.4 Å². The predicted octanol–water partition coefficient (Wildman–Crippen LogP) is 2.15. The minimum Gasteiger partial charge on any atom is -0.494 e. The van der Waals surface area contributed by atoms with Crippen molar-refractivity contribution < 1.29 is 27.9 Å². The lowest BCUT2D eigenvalue weighted by Crippen LogP contribution is -2.42. The van der Waals surface area contributed by atoms with Gasteiger partial charge >= 0.3 is 5.97 Å². The molecule has 2 aromatic rings. The number of aliphatic carboxylic acids is 1. The van der Waals surface area contributed by atoms with E-state index in [2.05, 4.69) is 10.2 Å². The molecule has 0 saturated carbocycles. The Morgan fingerprint density at radius 2 is 1.75 bits per heavy atom. The Hall–Kier alpha value is -2.57. The van der Waals surface area contributed by atoms with Gasteiger partial charge in [-0.05, 0) is 36.2 Å². The van der Waals surface area contributed by atoms with Crippen molar-refractivity contribution in [2.24, 2.45) is 5.73 Å². The summed E-state index contributed by atoms with van der Waals surface area (Å²) >= 11 is 11.9. The number of nitrogens with two attached hydrogens (primary N) is 1. The van der Waals surface area contributed by atoms with Gasteiger partial charge < -0.3 is 15.6 Å². The third kappa shape index (κ3) is 7.84. The third-order valence-corrected chi connectivity index (χ3v) is 6.41. The molecule has 174 valence electrons. The molecule has 0 aliphatic rings. The van der Waals surface area contributed by atoms with Crippen molar-refractivity contribution in [1.82, 2.24) is 10.2 Å². The first-order chi connectivity index (χ1) is 15.1. The van der Waals surface area contributed by atoms with Crippen LogP contribution in [0, 0.1) is 5.41 Å². The summed E-state index contributed by atoms with van der Waals surface area (Å²) in [7, 11) is -4.28. The lowest BCUT2D eigenvalue weighted by molar-refractivity contribution is -0.138. The van der Waals surface area contributed by atoms with Crippen molar-refractivity contribution in [3.8, 4) is 5.75 Å². The molecule has 0 amide bonds. The molecule has 0 aromatic heterocycles. The van der Waals surface area contributed by atoms with E-state index in [0.29, 0.717) is 24.3 Å². The predicted molar refractivity (Wildman–Crippen MR) is 119 cm³/mol. The summed E-state index contributed by atoms with van der Waals surface area (Å²) in [4.78, 5) is 16.2. The number of hydrogen-bond acceptors (Lipinski definition) is 6. The number of ether oxygens (including phenoxy) is 1. The average molecular weight is 505 g/mol. The molecule has 0 fully saturated rings. The van der Waals surface area contributed by atoms with Gasteiger partial charge in [0, 0.05) is 6.42 Å². The van der Waals surface area contributed by atoms with E-state index in [1.54, 1.807) is 24.3 Å². The fourth-order valence-corrected chi connectivity index (χ4v) is 4.91. The number of sulfonamides is 1. The maximum atomic E-state index is 12.7. The normalized spacial score (nSPS) is 12.2. The van der Waals surface area contributed by atoms with Crippen LogP contribution in [-0.4, -0.2) is 44.7 Å². The van der Waals surface area contributed by atoms with Crippen LogP contribution in [0.2, 0.25) is 10.0 Å². The summed E-state index contributed by atoms with van der Waals surface area (Å²) in [5.74, 6) is -1.10. The number of rotatable bonds is 12. The Balaban J connectivity index is 1.97. The van der Waals surface area contributed by atoms with E-state index in [0.717, 1.165) is 0 Å². The first kappa shape index (κ1) is 25.7. The highest BCUT2D eigenvalue weighted by atomic mass is 35.5. The van der Waals surface area contributed by atoms with Crippen LogP contribution in [0.25, 0.3) is 0 Å². The molecule has 1 atom stereocenters. The van der Waals surface area contributed by atoms with E-state index >= 15 is 0 Å². The van der Waals surface area contributed by atoms with Crippen LogP contribution in [0.3, 0.4) is 0 Å². The molecule has 0 aliphatic heterocycles. The zero-order valence-corrected chi connectivity index (χ0v) is 19.0. The molecule has 10 nitrogen and oxygen atoms in total. The van der Waals surface area contributed by atoms with Gasteiger partial charge in [0.25, 0.3) is 0 Å². The molecule has 0 spiro atoms. The van der Waals surface area contributed by atoms with Gasteiger partial charge in [-0.15, -0.1) is 0 Å². The molecule has 0 bridgehead atoms. The SMILES string of the molecule is N=C(N)NOCCCOc1ccc(C[C@H](NS(=O)(=O)c2c(Cl)cccc2Cl)C(=O)O)cc1. The standard InChI is InChI=1S/C19H22Cl2N4O6S/c20-14-3-1-4-15(21)17(14)32(28,29)25-16(18(26)27)11-12-5-7-13(8-6-12)30-9-2-10-31-24-19(22)23/h1,3-8,16,25H,2,9-11H2,(H,26,27)(H4,22,23,24)/t16-/m0/s1. The van der Waals surface area contributed by atoms with Gasteiger partial charge in [-0.2, -0.15) is 4.72 Å². The summed E-state index contributed by atoms with van der Waals surface area (Å²) in [6.45, 7) is 0.628. The minimum atomic E-state index is -4.28. The van der Waals surface area contributed by atoms with E-state index < -0.39 is 22.0 Å². The zero-order valence-electron chi connectivity index (χ0n) is 16.7. The molecular weight excluding hydrogens is 483 g/mol. The summed E-state index contributed by atoms with van der Waals surface area (Å²) < 4.78 is 33.0. The second-order valence-electron chi connectivity index (χ2n) is 6.48. The second kappa shape index (κ2) is 11.9. The first-order valence-corrected chi connectivity index (χ1v) is 11.5. The van der Waals surface area contributed by atoms with E-state index in [1.807, 2.05) is 0 Å². The number of benzene rings is 2. The van der Waals surface area contributed by atoms with Crippen molar-refractivity contribution >= 4 is 45.2 Å². The molecule has 0 heterocycles. The molecule has 0 unspecified atom stereocenters. The summed E-state index contributed by atoms with van der Waals surface area (Å²) in [5.41, 5.74) is 7.85. The number of hydrogen-bond donors (Lipinski definition) is 5.